The van der Waals surface area contributed by atoms with Gasteiger partial charge in [-0.2, -0.15) is 0 Å². The summed E-state index contributed by atoms with van der Waals surface area (Å²) in [5.74, 6) is -2.55. The third-order valence-electron chi connectivity index (χ3n) is 5.08. The van der Waals surface area contributed by atoms with E-state index in [9.17, 15) is 18.0 Å². The smallest absolute Gasteiger partial charge is 0.266 e. The number of anilines is 1. The van der Waals surface area contributed by atoms with Gasteiger partial charge >= 0.3 is 0 Å². The van der Waals surface area contributed by atoms with Crippen molar-refractivity contribution in [1.82, 2.24) is 9.88 Å². The normalized spacial score (nSPS) is 14.6. The number of nitrogens with zero attached hydrogens (tertiary/aromatic N) is 3. The van der Waals surface area contributed by atoms with Crippen LogP contribution in [0, 0.1) is 17.5 Å². The lowest BCUT2D eigenvalue weighted by Crippen LogP contribution is -2.40. The molecule has 1 aliphatic rings. The third-order valence-corrected chi connectivity index (χ3v) is 6.11. The molecule has 10 heteroatoms. The summed E-state index contributed by atoms with van der Waals surface area (Å²) >= 11 is 1.02. The van der Waals surface area contributed by atoms with Crippen molar-refractivity contribution in [3.05, 3.63) is 53.8 Å². The lowest BCUT2D eigenvalue weighted by molar-refractivity contribution is -0.120. The summed E-state index contributed by atoms with van der Waals surface area (Å²) < 4.78 is 52.6. The maximum atomic E-state index is 14.1. The van der Waals surface area contributed by atoms with Crippen molar-refractivity contribution in [2.24, 2.45) is 0 Å². The van der Waals surface area contributed by atoms with E-state index in [4.69, 9.17) is 9.47 Å². The van der Waals surface area contributed by atoms with Gasteiger partial charge in [0.2, 0.25) is 0 Å². The predicted octanol–water partition coefficient (Wildman–Crippen LogP) is 3.85. The monoisotopic (exact) mass is 465 g/mol. The van der Waals surface area contributed by atoms with Crippen LogP contribution in [-0.2, 0) is 9.53 Å². The van der Waals surface area contributed by atoms with Gasteiger partial charge < -0.3 is 9.47 Å². The first kappa shape index (κ1) is 22.5. The van der Waals surface area contributed by atoms with Crippen LogP contribution < -0.4 is 9.64 Å². The molecule has 2 heterocycles. The Bertz CT molecular complexity index is 1090. The number of rotatable bonds is 8. The number of hydrogen-bond acceptors (Lipinski definition) is 6. The Morgan fingerprint density at radius 1 is 1.16 bits per heavy atom. The molecule has 0 unspecified atom stereocenters. The van der Waals surface area contributed by atoms with Crippen molar-refractivity contribution in [2.45, 2.75) is 6.42 Å². The number of amides is 1. The largest absolute Gasteiger partial charge is 0.481 e. The molecular weight excluding hydrogens is 443 g/mol. The Balaban J connectivity index is 1.51. The van der Waals surface area contributed by atoms with Crippen LogP contribution in [0.5, 0.6) is 5.75 Å². The Morgan fingerprint density at radius 2 is 1.94 bits per heavy atom. The van der Waals surface area contributed by atoms with Gasteiger partial charge in [-0.25, -0.2) is 18.2 Å². The first-order chi connectivity index (χ1) is 15.5. The van der Waals surface area contributed by atoms with E-state index in [2.05, 4.69) is 9.88 Å². The molecule has 4 rings (SSSR count). The maximum absolute atomic E-state index is 14.1. The summed E-state index contributed by atoms with van der Waals surface area (Å²) in [6.07, 6.45) is 0.637. The minimum atomic E-state index is -0.786. The molecule has 1 aliphatic heterocycles. The molecule has 0 N–H and O–H groups in total. The molecule has 1 amide bonds. The number of carbonyl (C=O) groups excluding carboxylic acids is 1. The molecule has 0 atom stereocenters. The zero-order valence-electron chi connectivity index (χ0n) is 17.2. The van der Waals surface area contributed by atoms with E-state index in [1.54, 1.807) is 6.07 Å². The number of benzene rings is 2. The van der Waals surface area contributed by atoms with Crippen LogP contribution >= 0.6 is 11.3 Å². The summed E-state index contributed by atoms with van der Waals surface area (Å²) in [4.78, 5) is 20.8. The van der Waals surface area contributed by atoms with Crippen LogP contribution in [0.15, 0.2) is 36.4 Å². The van der Waals surface area contributed by atoms with E-state index >= 15 is 0 Å². The van der Waals surface area contributed by atoms with Crippen LogP contribution in [0.1, 0.15) is 6.42 Å². The molecule has 0 spiro atoms. The maximum Gasteiger partial charge on any atom is 0.266 e. The Morgan fingerprint density at radius 3 is 2.72 bits per heavy atom. The number of carbonyl (C=O) groups is 1. The lowest BCUT2D eigenvalue weighted by atomic mass is 10.3. The van der Waals surface area contributed by atoms with Crippen LogP contribution in [0.4, 0.5) is 18.3 Å². The van der Waals surface area contributed by atoms with Crippen LogP contribution in [0.3, 0.4) is 0 Å². The average molecular weight is 465 g/mol. The van der Waals surface area contributed by atoms with E-state index in [0.29, 0.717) is 30.9 Å². The first-order valence-corrected chi connectivity index (χ1v) is 11.1. The van der Waals surface area contributed by atoms with E-state index in [1.165, 1.54) is 29.2 Å². The molecular formula is C22H22F3N3O3S. The average Bonchev–Trinajstić information content (AvgIpc) is 3.20. The Kier molecular flexibility index (Phi) is 7.23. The molecule has 170 valence electrons. The second kappa shape index (κ2) is 10.3. The number of para-hydroxylation sites is 1. The van der Waals surface area contributed by atoms with Gasteiger partial charge in [-0.3, -0.25) is 14.6 Å². The van der Waals surface area contributed by atoms with Gasteiger partial charge in [0.1, 0.15) is 11.3 Å². The topological polar surface area (TPSA) is 54.9 Å². The number of hydrogen-bond donors (Lipinski definition) is 0. The highest BCUT2D eigenvalue weighted by Gasteiger charge is 2.22. The molecule has 1 aromatic heterocycles. The summed E-state index contributed by atoms with van der Waals surface area (Å²) in [5.41, 5.74) is 0.00685. The van der Waals surface area contributed by atoms with Crippen molar-refractivity contribution in [2.75, 3.05) is 50.9 Å². The number of morpholine rings is 1. The third kappa shape index (κ3) is 5.37. The highest BCUT2D eigenvalue weighted by Crippen LogP contribution is 2.31. The molecule has 6 nitrogen and oxygen atoms in total. The molecule has 1 fully saturated rings. The summed E-state index contributed by atoms with van der Waals surface area (Å²) in [6, 6.07) is 7.75. The standard InChI is InChI=1S/C22H22F3N3O3S/c23-15-12-17(25)21-19(13-15)32-22(26-21)28(7-3-6-27-8-10-30-11-9-27)20(29)14-31-18-5-2-1-4-16(18)24/h1-2,4-5,12-13H,3,6-11,14H2. The van der Waals surface area contributed by atoms with Gasteiger partial charge in [0.05, 0.1) is 17.9 Å². The van der Waals surface area contributed by atoms with E-state index in [1.807, 2.05) is 0 Å². The van der Waals surface area contributed by atoms with Gasteiger partial charge in [-0.05, 0) is 24.6 Å². The molecule has 0 saturated carbocycles. The van der Waals surface area contributed by atoms with Crippen molar-refractivity contribution in [1.29, 1.82) is 0 Å². The summed E-state index contributed by atoms with van der Waals surface area (Å²) in [5, 5.41) is 0.244. The number of aromatic nitrogens is 1. The van der Waals surface area contributed by atoms with E-state index < -0.39 is 30.0 Å². The van der Waals surface area contributed by atoms with Crippen LogP contribution in [0.2, 0.25) is 0 Å². The fraction of sp³-hybridized carbons (Fsp3) is 0.364. The molecule has 1 saturated heterocycles. The zero-order chi connectivity index (χ0) is 22.5. The van der Waals surface area contributed by atoms with Crippen molar-refractivity contribution >= 4 is 32.6 Å². The number of fused-ring (bicyclic) bond motifs is 1. The van der Waals surface area contributed by atoms with Crippen molar-refractivity contribution in [3.63, 3.8) is 0 Å². The van der Waals surface area contributed by atoms with Gasteiger partial charge in [0.15, 0.2) is 29.1 Å². The number of ether oxygens (including phenoxy) is 2. The van der Waals surface area contributed by atoms with Crippen LogP contribution in [0.25, 0.3) is 10.2 Å². The van der Waals surface area contributed by atoms with Gasteiger partial charge in [-0.15, -0.1) is 0 Å². The quantitative estimate of drug-likeness (QED) is 0.506. The molecule has 2 aromatic carbocycles. The second-order valence-electron chi connectivity index (χ2n) is 7.30. The first-order valence-electron chi connectivity index (χ1n) is 10.2. The minimum Gasteiger partial charge on any atom is -0.481 e. The highest BCUT2D eigenvalue weighted by molar-refractivity contribution is 7.22. The van der Waals surface area contributed by atoms with Gasteiger partial charge in [-0.1, -0.05) is 23.5 Å². The summed E-state index contributed by atoms with van der Waals surface area (Å²) in [6.45, 7) is 3.61. The van der Waals surface area contributed by atoms with Crippen LogP contribution in [-0.4, -0.2) is 61.8 Å². The fourth-order valence-corrected chi connectivity index (χ4v) is 4.49. The lowest BCUT2D eigenvalue weighted by Gasteiger charge is -2.27. The van der Waals surface area contributed by atoms with Crippen molar-refractivity contribution in [3.8, 4) is 5.75 Å². The molecule has 32 heavy (non-hydrogen) atoms. The SMILES string of the molecule is O=C(COc1ccccc1F)N(CCCN1CCOCC1)c1nc2c(F)cc(F)cc2s1. The number of halogens is 3. The summed E-state index contributed by atoms with van der Waals surface area (Å²) in [7, 11) is 0. The number of thiazole rings is 1. The fourth-order valence-electron chi connectivity index (χ4n) is 3.44. The van der Waals surface area contributed by atoms with E-state index in [-0.39, 0.29) is 16.4 Å². The van der Waals surface area contributed by atoms with Gasteiger partial charge in [0.25, 0.3) is 5.91 Å². The molecule has 0 radical (unpaired) electrons. The Hall–Kier alpha value is -2.69. The molecule has 0 aliphatic carbocycles. The molecule has 3 aromatic rings. The minimum absolute atomic E-state index is 0.00685. The molecule has 0 bridgehead atoms. The predicted molar refractivity (Wildman–Crippen MR) is 116 cm³/mol. The van der Waals surface area contributed by atoms with Crippen molar-refractivity contribution < 1.29 is 27.4 Å². The highest BCUT2D eigenvalue weighted by atomic mass is 32.1. The zero-order valence-corrected chi connectivity index (χ0v) is 18.0. The van der Waals surface area contributed by atoms with Gasteiger partial charge in [0, 0.05) is 32.2 Å². The Labute approximate surface area is 187 Å². The second-order valence-corrected chi connectivity index (χ2v) is 8.31. The van der Waals surface area contributed by atoms with E-state index in [0.717, 1.165) is 37.0 Å².